The van der Waals surface area contributed by atoms with E-state index in [2.05, 4.69) is 15.3 Å². The summed E-state index contributed by atoms with van der Waals surface area (Å²) in [6, 6.07) is 5.39. The van der Waals surface area contributed by atoms with Gasteiger partial charge in [-0.2, -0.15) is 13.8 Å². The standard InChI is InChI=1S/C22H27F2N5O3/c1-28-17-12-26-21(25-11-14-8-9-16(31-2)10-18(14)32-3)27-19(17)29(15-6-4-5-7-15)13-22(23,24)20(28)30/h8-10,12,15H,4-7,11,13H2,1-3H3,(H,25,26,27). The molecule has 0 atom stereocenters. The summed E-state index contributed by atoms with van der Waals surface area (Å²) in [5.74, 6) is -2.79. The average molecular weight is 447 g/mol. The van der Waals surface area contributed by atoms with E-state index < -0.39 is 18.4 Å². The molecule has 10 heteroatoms. The van der Waals surface area contributed by atoms with E-state index in [9.17, 15) is 13.6 Å². The van der Waals surface area contributed by atoms with Gasteiger partial charge in [0.25, 0.3) is 5.91 Å². The first-order chi connectivity index (χ1) is 15.3. The van der Waals surface area contributed by atoms with Crippen molar-refractivity contribution in [2.75, 3.05) is 42.9 Å². The zero-order chi connectivity index (χ0) is 22.9. The summed E-state index contributed by atoms with van der Waals surface area (Å²) in [7, 11) is 4.49. The molecule has 172 valence electrons. The predicted octanol–water partition coefficient (Wildman–Crippen LogP) is 3.47. The number of carbonyl (C=O) groups excluding carboxylic acids is 1. The number of nitrogens with one attached hydrogen (secondary N) is 1. The molecule has 1 aliphatic heterocycles. The monoisotopic (exact) mass is 447 g/mol. The number of carbonyl (C=O) groups is 1. The fraction of sp³-hybridized carbons (Fsp3) is 0.500. The molecule has 32 heavy (non-hydrogen) atoms. The van der Waals surface area contributed by atoms with Gasteiger partial charge in [-0.05, 0) is 25.0 Å². The molecule has 1 amide bonds. The van der Waals surface area contributed by atoms with Crippen LogP contribution in [0.25, 0.3) is 0 Å². The number of methoxy groups -OCH3 is 2. The Morgan fingerprint density at radius 1 is 1.22 bits per heavy atom. The van der Waals surface area contributed by atoms with Crippen LogP contribution in [-0.4, -0.2) is 55.7 Å². The molecular formula is C22H27F2N5O3. The number of halogens is 2. The summed E-state index contributed by atoms with van der Waals surface area (Å²) in [5.41, 5.74) is 1.14. The molecular weight excluding hydrogens is 420 g/mol. The van der Waals surface area contributed by atoms with Crippen molar-refractivity contribution < 1.29 is 23.0 Å². The van der Waals surface area contributed by atoms with Crippen LogP contribution in [0.4, 0.5) is 26.2 Å². The molecule has 0 bridgehead atoms. The van der Waals surface area contributed by atoms with Crippen molar-refractivity contribution in [2.45, 2.75) is 44.2 Å². The maximum Gasteiger partial charge on any atom is 0.342 e. The van der Waals surface area contributed by atoms with Gasteiger partial charge in [-0.3, -0.25) is 4.79 Å². The van der Waals surface area contributed by atoms with E-state index in [1.165, 1.54) is 13.2 Å². The number of hydrogen-bond donors (Lipinski definition) is 1. The third kappa shape index (κ3) is 4.13. The summed E-state index contributed by atoms with van der Waals surface area (Å²) >= 11 is 0. The lowest BCUT2D eigenvalue weighted by atomic mass is 10.2. The molecule has 0 radical (unpaired) electrons. The summed E-state index contributed by atoms with van der Waals surface area (Å²) in [4.78, 5) is 23.8. The Hall–Kier alpha value is -3.17. The van der Waals surface area contributed by atoms with E-state index in [1.807, 2.05) is 12.1 Å². The van der Waals surface area contributed by atoms with Crippen LogP contribution in [0.2, 0.25) is 0 Å². The van der Waals surface area contributed by atoms with Gasteiger partial charge in [0, 0.05) is 31.3 Å². The van der Waals surface area contributed by atoms with Crippen LogP contribution < -0.4 is 24.6 Å². The fourth-order valence-corrected chi connectivity index (χ4v) is 4.30. The number of aromatic nitrogens is 2. The summed E-state index contributed by atoms with van der Waals surface area (Å²) in [6.45, 7) is -0.323. The largest absolute Gasteiger partial charge is 0.497 e. The van der Waals surface area contributed by atoms with Crippen molar-refractivity contribution in [3.63, 3.8) is 0 Å². The Balaban J connectivity index is 1.64. The van der Waals surface area contributed by atoms with E-state index >= 15 is 0 Å². The van der Waals surface area contributed by atoms with Gasteiger partial charge in [-0.25, -0.2) is 4.98 Å². The highest BCUT2D eigenvalue weighted by molar-refractivity contribution is 6.01. The lowest BCUT2D eigenvalue weighted by molar-refractivity contribution is -0.140. The number of anilines is 3. The normalized spacial score (nSPS) is 18.3. The van der Waals surface area contributed by atoms with Gasteiger partial charge in [0.15, 0.2) is 5.82 Å². The summed E-state index contributed by atoms with van der Waals surface area (Å²) in [5, 5.41) is 3.14. The highest BCUT2D eigenvalue weighted by atomic mass is 19.3. The molecule has 1 saturated carbocycles. The molecule has 1 fully saturated rings. The minimum atomic E-state index is -3.50. The van der Waals surface area contributed by atoms with Crippen LogP contribution >= 0.6 is 0 Å². The molecule has 8 nitrogen and oxygen atoms in total. The molecule has 0 spiro atoms. The van der Waals surface area contributed by atoms with Crippen molar-refractivity contribution in [3.05, 3.63) is 30.0 Å². The molecule has 1 aromatic heterocycles. The van der Waals surface area contributed by atoms with Gasteiger partial charge >= 0.3 is 5.92 Å². The zero-order valence-corrected chi connectivity index (χ0v) is 18.4. The predicted molar refractivity (Wildman–Crippen MR) is 117 cm³/mol. The lowest BCUT2D eigenvalue weighted by Crippen LogP contribution is -2.48. The Labute approximate surface area is 185 Å². The zero-order valence-electron chi connectivity index (χ0n) is 18.4. The first-order valence-electron chi connectivity index (χ1n) is 10.6. The number of rotatable bonds is 6. The van der Waals surface area contributed by atoms with Crippen molar-refractivity contribution in [1.82, 2.24) is 9.97 Å². The van der Waals surface area contributed by atoms with Crippen molar-refractivity contribution in [1.29, 1.82) is 0 Å². The first kappa shape index (κ1) is 22.0. The molecule has 0 unspecified atom stereocenters. The minimum absolute atomic E-state index is 0.0802. The quantitative estimate of drug-likeness (QED) is 0.726. The van der Waals surface area contributed by atoms with Crippen molar-refractivity contribution in [2.24, 2.45) is 0 Å². The van der Waals surface area contributed by atoms with Gasteiger partial charge in [0.2, 0.25) is 5.95 Å². The molecule has 2 aliphatic rings. The third-order valence-electron chi connectivity index (χ3n) is 6.07. The smallest absolute Gasteiger partial charge is 0.342 e. The SMILES string of the molecule is COc1ccc(CNc2ncc3c(n2)N(C2CCCC2)CC(F)(F)C(=O)N3C)c(OC)c1. The number of amides is 1. The Bertz CT molecular complexity index is 998. The molecule has 0 saturated heterocycles. The van der Waals surface area contributed by atoms with Crippen LogP contribution in [0.1, 0.15) is 31.2 Å². The summed E-state index contributed by atoms with van der Waals surface area (Å²) < 4.78 is 40.0. The van der Waals surface area contributed by atoms with Crippen LogP contribution in [-0.2, 0) is 11.3 Å². The van der Waals surface area contributed by atoms with Crippen LogP contribution in [0, 0.1) is 0 Å². The van der Waals surface area contributed by atoms with E-state index in [4.69, 9.17) is 9.47 Å². The molecule has 4 rings (SSSR count). The van der Waals surface area contributed by atoms with Gasteiger partial charge in [0.05, 0.1) is 27.0 Å². The van der Waals surface area contributed by atoms with Gasteiger partial charge in [-0.1, -0.05) is 12.8 Å². The average Bonchev–Trinajstić information content (AvgIpc) is 3.32. The summed E-state index contributed by atoms with van der Waals surface area (Å²) in [6.07, 6.45) is 4.96. The van der Waals surface area contributed by atoms with E-state index in [-0.39, 0.29) is 17.7 Å². The number of fused-ring (bicyclic) bond motifs is 1. The number of benzene rings is 1. The maximum atomic E-state index is 14.7. The maximum absolute atomic E-state index is 14.7. The van der Waals surface area contributed by atoms with Crippen molar-refractivity contribution in [3.8, 4) is 11.5 Å². The second-order valence-electron chi connectivity index (χ2n) is 8.07. The van der Waals surface area contributed by atoms with Crippen molar-refractivity contribution >= 4 is 23.4 Å². The fourth-order valence-electron chi connectivity index (χ4n) is 4.30. The minimum Gasteiger partial charge on any atom is -0.497 e. The third-order valence-corrected chi connectivity index (χ3v) is 6.07. The van der Waals surface area contributed by atoms with E-state index in [0.29, 0.717) is 23.9 Å². The van der Waals surface area contributed by atoms with Gasteiger partial charge in [0.1, 0.15) is 17.2 Å². The number of nitrogens with zero attached hydrogens (tertiary/aromatic N) is 4. The highest BCUT2D eigenvalue weighted by Crippen LogP contribution is 2.39. The second kappa shape index (κ2) is 8.76. The van der Waals surface area contributed by atoms with Crippen LogP contribution in [0.5, 0.6) is 11.5 Å². The topological polar surface area (TPSA) is 79.8 Å². The van der Waals surface area contributed by atoms with Crippen LogP contribution in [0.15, 0.2) is 24.4 Å². The number of ether oxygens (including phenoxy) is 2. The lowest BCUT2D eigenvalue weighted by Gasteiger charge is -2.31. The molecule has 2 aromatic rings. The Morgan fingerprint density at radius 2 is 1.97 bits per heavy atom. The molecule has 1 aromatic carbocycles. The Morgan fingerprint density at radius 3 is 2.66 bits per heavy atom. The Kier molecular flexibility index (Phi) is 6.03. The van der Waals surface area contributed by atoms with Crippen LogP contribution in [0.3, 0.4) is 0 Å². The van der Waals surface area contributed by atoms with E-state index in [0.717, 1.165) is 36.1 Å². The first-order valence-corrected chi connectivity index (χ1v) is 10.6. The molecule has 2 heterocycles. The number of hydrogen-bond acceptors (Lipinski definition) is 7. The number of alkyl halides is 2. The second-order valence-corrected chi connectivity index (χ2v) is 8.07. The van der Waals surface area contributed by atoms with Gasteiger partial charge < -0.3 is 24.6 Å². The highest BCUT2D eigenvalue weighted by Gasteiger charge is 2.48. The van der Waals surface area contributed by atoms with Gasteiger partial charge in [-0.15, -0.1) is 0 Å². The molecule has 1 aliphatic carbocycles. The van der Waals surface area contributed by atoms with E-state index in [1.54, 1.807) is 25.2 Å². The molecule has 1 N–H and O–H groups in total.